The number of nitrogens with two attached hydrogens (primary N) is 2. The Morgan fingerprint density at radius 1 is 1.36 bits per heavy atom. The van der Waals surface area contributed by atoms with Crippen molar-refractivity contribution in [3.05, 3.63) is 23.8 Å². The van der Waals surface area contributed by atoms with E-state index in [2.05, 4.69) is 4.99 Å². The molecule has 76 valence electrons. The van der Waals surface area contributed by atoms with Crippen LogP contribution in [0.15, 0.2) is 23.2 Å². The number of hydrogen-bond donors (Lipinski definition) is 2. The van der Waals surface area contributed by atoms with E-state index in [0.717, 1.165) is 5.56 Å². The topological polar surface area (TPSA) is 73.6 Å². The van der Waals surface area contributed by atoms with E-state index in [1.165, 1.54) is 0 Å². The molecule has 0 spiro atoms. The van der Waals surface area contributed by atoms with Crippen molar-refractivity contribution < 1.29 is 4.74 Å². The van der Waals surface area contributed by atoms with E-state index in [9.17, 15) is 0 Å². The Morgan fingerprint density at radius 3 is 2.57 bits per heavy atom. The van der Waals surface area contributed by atoms with Gasteiger partial charge >= 0.3 is 0 Å². The fourth-order valence-corrected chi connectivity index (χ4v) is 1.05. The Hall–Kier alpha value is -1.55. The third-order valence-electron chi connectivity index (χ3n) is 1.82. The molecule has 0 atom stereocenters. The molecule has 0 aliphatic rings. The van der Waals surface area contributed by atoms with Crippen LogP contribution in [0.1, 0.15) is 5.56 Å². The molecule has 1 rings (SSSR count). The average molecular weight is 193 g/mol. The quantitative estimate of drug-likeness (QED) is 0.424. The highest BCUT2D eigenvalue weighted by Gasteiger charge is 1.98. The van der Waals surface area contributed by atoms with Crippen LogP contribution < -0.4 is 11.5 Å². The van der Waals surface area contributed by atoms with Crippen LogP contribution in [0, 0.1) is 0 Å². The first kappa shape index (κ1) is 10.5. The van der Waals surface area contributed by atoms with Crippen LogP contribution in [0.2, 0.25) is 0 Å². The number of nitrogens with zero attached hydrogens (tertiary/aromatic N) is 1. The van der Waals surface area contributed by atoms with Gasteiger partial charge < -0.3 is 16.2 Å². The minimum Gasteiger partial charge on any atom is -0.398 e. The molecule has 0 saturated carbocycles. The first-order valence-corrected chi connectivity index (χ1v) is 4.38. The second-order valence-corrected chi connectivity index (χ2v) is 2.88. The minimum absolute atomic E-state index is 0.600. The molecule has 0 fully saturated rings. The molecule has 4 heteroatoms. The van der Waals surface area contributed by atoms with Gasteiger partial charge in [0.05, 0.1) is 13.2 Å². The van der Waals surface area contributed by atoms with Crippen molar-refractivity contribution in [1.82, 2.24) is 0 Å². The van der Waals surface area contributed by atoms with Gasteiger partial charge in [0, 0.05) is 30.3 Å². The number of nitrogen functional groups attached to an aromatic ring is 2. The normalized spacial score (nSPS) is 10.9. The van der Waals surface area contributed by atoms with Gasteiger partial charge in [-0.15, -0.1) is 0 Å². The number of aliphatic imine (C=N–C) groups is 1. The second-order valence-electron chi connectivity index (χ2n) is 2.88. The fraction of sp³-hybridized carbons (Fsp3) is 0.300. The summed E-state index contributed by atoms with van der Waals surface area (Å²) < 4.78 is 4.86. The lowest BCUT2D eigenvalue weighted by atomic mass is 10.1. The molecule has 0 aliphatic heterocycles. The molecule has 0 heterocycles. The molecule has 0 amide bonds. The summed E-state index contributed by atoms with van der Waals surface area (Å²) in [7, 11) is 1.64. The molecule has 0 aromatic heterocycles. The van der Waals surface area contributed by atoms with E-state index in [4.69, 9.17) is 16.2 Å². The lowest BCUT2D eigenvalue weighted by Crippen LogP contribution is -2.00. The van der Waals surface area contributed by atoms with Gasteiger partial charge in [-0.2, -0.15) is 0 Å². The van der Waals surface area contributed by atoms with Gasteiger partial charge in [0.1, 0.15) is 0 Å². The summed E-state index contributed by atoms with van der Waals surface area (Å²) >= 11 is 0. The maximum atomic E-state index is 5.73. The third kappa shape index (κ3) is 2.74. The lowest BCUT2D eigenvalue weighted by Gasteiger charge is -2.02. The molecule has 0 unspecified atom stereocenters. The zero-order valence-electron chi connectivity index (χ0n) is 8.23. The van der Waals surface area contributed by atoms with Crippen LogP contribution >= 0.6 is 0 Å². The third-order valence-corrected chi connectivity index (χ3v) is 1.82. The van der Waals surface area contributed by atoms with Gasteiger partial charge in [0.25, 0.3) is 0 Å². The SMILES string of the molecule is COCCN=Cc1c(N)cccc1N. The largest absolute Gasteiger partial charge is 0.398 e. The number of hydrogen-bond acceptors (Lipinski definition) is 4. The number of benzene rings is 1. The monoisotopic (exact) mass is 193 g/mol. The summed E-state index contributed by atoms with van der Waals surface area (Å²) in [4.78, 5) is 4.14. The van der Waals surface area contributed by atoms with Gasteiger partial charge in [0.15, 0.2) is 0 Å². The molecular weight excluding hydrogens is 178 g/mol. The van der Waals surface area contributed by atoms with Crippen LogP contribution in [0.5, 0.6) is 0 Å². The minimum atomic E-state index is 0.600. The molecular formula is C10H15N3O. The van der Waals surface area contributed by atoms with E-state index < -0.39 is 0 Å². The van der Waals surface area contributed by atoms with Crippen LogP contribution in [-0.2, 0) is 4.74 Å². The van der Waals surface area contributed by atoms with Crippen molar-refractivity contribution in [2.75, 3.05) is 31.7 Å². The van der Waals surface area contributed by atoms with Gasteiger partial charge in [-0.3, -0.25) is 4.99 Å². The molecule has 0 bridgehead atoms. The van der Waals surface area contributed by atoms with Crippen LogP contribution in [0.25, 0.3) is 0 Å². The average Bonchev–Trinajstić information content (AvgIpc) is 2.16. The van der Waals surface area contributed by atoms with Crippen molar-refractivity contribution in [2.24, 2.45) is 4.99 Å². The molecule has 1 aromatic rings. The fourth-order valence-electron chi connectivity index (χ4n) is 1.05. The zero-order chi connectivity index (χ0) is 10.4. The smallest absolute Gasteiger partial charge is 0.0658 e. The standard InChI is InChI=1S/C10H15N3O/c1-14-6-5-13-7-8-9(11)3-2-4-10(8)12/h2-4,7H,5-6,11-12H2,1H3. The van der Waals surface area contributed by atoms with Gasteiger partial charge in [0.2, 0.25) is 0 Å². The Labute approximate surface area is 83.6 Å². The Kier molecular flexibility index (Phi) is 3.94. The van der Waals surface area contributed by atoms with Crippen LogP contribution in [0.3, 0.4) is 0 Å². The number of methoxy groups -OCH3 is 1. The van der Waals surface area contributed by atoms with Gasteiger partial charge in [-0.05, 0) is 12.1 Å². The first-order valence-electron chi connectivity index (χ1n) is 4.38. The van der Waals surface area contributed by atoms with E-state index in [-0.39, 0.29) is 0 Å². The summed E-state index contributed by atoms with van der Waals surface area (Å²) in [5.74, 6) is 0. The van der Waals surface area contributed by atoms with E-state index in [1.807, 2.05) is 6.07 Å². The lowest BCUT2D eigenvalue weighted by molar-refractivity contribution is 0.208. The highest BCUT2D eigenvalue weighted by atomic mass is 16.5. The molecule has 0 radical (unpaired) electrons. The van der Waals surface area contributed by atoms with Gasteiger partial charge in [-0.25, -0.2) is 0 Å². The Bertz CT molecular complexity index is 303. The van der Waals surface area contributed by atoms with Crippen molar-refractivity contribution in [1.29, 1.82) is 0 Å². The summed E-state index contributed by atoms with van der Waals surface area (Å²) in [5, 5.41) is 0. The van der Waals surface area contributed by atoms with E-state index >= 15 is 0 Å². The molecule has 0 aliphatic carbocycles. The predicted octanol–water partition coefficient (Wildman–Crippen LogP) is 0.916. The van der Waals surface area contributed by atoms with Crippen molar-refractivity contribution >= 4 is 17.6 Å². The second kappa shape index (κ2) is 5.24. The number of rotatable bonds is 4. The molecule has 0 saturated heterocycles. The molecule has 4 nitrogen and oxygen atoms in total. The zero-order valence-corrected chi connectivity index (χ0v) is 8.23. The summed E-state index contributed by atoms with van der Waals surface area (Å²) in [5.41, 5.74) is 13.5. The Balaban J connectivity index is 2.70. The van der Waals surface area contributed by atoms with Crippen LogP contribution in [0.4, 0.5) is 11.4 Å². The highest BCUT2D eigenvalue weighted by molar-refractivity contribution is 5.93. The van der Waals surface area contributed by atoms with Crippen molar-refractivity contribution in [3.8, 4) is 0 Å². The maximum Gasteiger partial charge on any atom is 0.0658 e. The van der Waals surface area contributed by atoms with Gasteiger partial charge in [-0.1, -0.05) is 6.07 Å². The highest BCUT2D eigenvalue weighted by Crippen LogP contribution is 2.16. The van der Waals surface area contributed by atoms with Crippen molar-refractivity contribution in [3.63, 3.8) is 0 Å². The predicted molar refractivity (Wildman–Crippen MR) is 59.6 cm³/mol. The molecule has 1 aromatic carbocycles. The summed E-state index contributed by atoms with van der Waals surface area (Å²) in [6.45, 7) is 1.22. The van der Waals surface area contributed by atoms with Crippen LogP contribution in [-0.4, -0.2) is 26.5 Å². The molecule has 4 N–H and O–H groups in total. The van der Waals surface area contributed by atoms with Crippen molar-refractivity contribution in [2.45, 2.75) is 0 Å². The summed E-state index contributed by atoms with van der Waals surface area (Å²) in [6, 6.07) is 5.42. The number of ether oxygens (including phenoxy) is 1. The Morgan fingerprint density at radius 2 is 2.00 bits per heavy atom. The molecule has 14 heavy (non-hydrogen) atoms. The van der Waals surface area contributed by atoms with E-state index in [1.54, 1.807) is 25.5 Å². The maximum absolute atomic E-state index is 5.73. The van der Waals surface area contributed by atoms with E-state index in [0.29, 0.717) is 24.5 Å². The first-order chi connectivity index (χ1) is 6.75. The number of anilines is 2. The summed E-state index contributed by atoms with van der Waals surface area (Å²) in [6.07, 6.45) is 1.68.